The van der Waals surface area contributed by atoms with Gasteiger partial charge in [-0.15, -0.1) is 0 Å². The Kier molecular flexibility index (Phi) is 9.54. The summed E-state index contributed by atoms with van der Waals surface area (Å²) in [6, 6.07) is 0.826. The Morgan fingerprint density at radius 3 is 2.63 bits per heavy atom. The molecule has 0 radical (unpaired) electrons. The Hall–Kier alpha value is -4.17. The minimum Gasteiger partial charge on any atom is -0.493 e. The van der Waals surface area contributed by atoms with Gasteiger partial charge in [0.1, 0.15) is 0 Å². The predicted molar refractivity (Wildman–Crippen MR) is 128 cm³/mol. The van der Waals surface area contributed by atoms with Gasteiger partial charge in [0.05, 0.1) is 20.3 Å². The zero-order chi connectivity index (χ0) is 26.0. The molecule has 1 aromatic rings. The van der Waals surface area contributed by atoms with Crippen molar-refractivity contribution in [3.05, 3.63) is 41.1 Å². The van der Waals surface area contributed by atoms with Crippen LogP contribution in [0.2, 0.25) is 0 Å². The second kappa shape index (κ2) is 12.3. The van der Waals surface area contributed by atoms with Crippen molar-refractivity contribution < 1.29 is 28.7 Å². The minimum absolute atomic E-state index is 0.148. The van der Waals surface area contributed by atoms with E-state index >= 15 is 0 Å². The zero-order valence-electron chi connectivity index (χ0n) is 20.4. The molecule has 35 heavy (non-hydrogen) atoms. The minimum atomic E-state index is -1.65. The highest BCUT2D eigenvalue weighted by Crippen LogP contribution is 2.24. The van der Waals surface area contributed by atoms with Crippen LogP contribution in [-0.4, -0.2) is 73.6 Å². The fourth-order valence-electron chi connectivity index (χ4n) is 3.39. The molecule has 1 atom stereocenters. The topological polar surface area (TPSA) is 139 Å². The van der Waals surface area contributed by atoms with E-state index in [2.05, 4.69) is 32.8 Å². The van der Waals surface area contributed by atoms with Crippen LogP contribution in [0.15, 0.2) is 35.6 Å². The Labute approximate surface area is 203 Å². The number of rotatable bonds is 8. The van der Waals surface area contributed by atoms with Crippen molar-refractivity contribution in [2.24, 2.45) is 0 Å². The molecule has 3 N–H and O–H groups in total. The van der Waals surface area contributed by atoms with Gasteiger partial charge in [-0.2, -0.15) is 0 Å². The molecule has 3 rings (SSSR count). The molecular formula is C24H29N5O6. The van der Waals surface area contributed by atoms with E-state index in [1.54, 1.807) is 26.2 Å². The Balaban J connectivity index is 0.00000210. The van der Waals surface area contributed by atoms with Crippen LogP contribution in [0, 0.1) is 11.8 Å². The lowest BCUT2D eigenvalue weighted by molar-refractivity contribution is -0.128. The first kappa shape index (κ1) is 27.1. The molecule has 11 heteroatoms. The number of aromatic nitrogens is 1. The lowest BCUT2D eigenvalue weighted by atomic mass is 9.99. The number of nitrogens with one attached hydrogen (secondary N) is 3. The van der Waals surface area contributed by atoms with E-state index < -0.39 is 17.5 Å². The van der Waals surface area contributed by atoms with Crippen molar-refractivity contribution >= 4 is 30.1 Å². The number of hydrogen-bond acceptors (Lipinski definition) is 7. The molecule has 186 valence electrons. The molecule has 3 heterocycles. The van der Waals surface area contributed by atoms with Crippen molar-refractivity contribution in [3.8, 4) is 17.6 Å². The number of hydrogen-bond donors (Lipinski definition) is 3. The number of nitrogens with zero attached hydrogens (tertiary/aromatic N) is 2. The Morgan fingerprint density at radius 2 is 2.03 bits per heavy atom. The third-order valence-corrected chi connectivity index (χ3v) is 5.09. The summed E-state index contributed by atoms with van der Waals surface area (Å²) in [6.45, 7) is 6.22. The molecule has 0 bridgehead atoms. The predicted octanol–water partition coefficient (Wildman–Crippen LogP) is 0.976. The van der Waals surface area contributed by atoms with E-state index in [1.807, 2.05) is 13.8 Å². The second-order valence-electron chi connectivity index (χ2n) is 7.27. The summed E-state index contributed by atoms with van der Waals surface area (Å²) >= 11 is 0. The highest BCUT2D eigenvalue weighted by Gasteiger charge is 2.48. The number of methoxy groups -OCH3 is 2. The van der Waals surface area contributed by atoms with E-state index in [-0.39, 0.29) is 30.6 Å². The van der Waals surface area contributed by atoms with Crippen LogP contribution in [0.3, 0.4) is 0 Å². The third-order valence-electron chi connectivity index (χ3n) is 5.09. The highest BCUT2D eigenvalue weighted by molar-refractivity contribution is 6.10. The number of imide groups is 1. The van der Waals surface area contributed by atoms with Crippen LogP contribution in [-0.2, 0) is 19.1 Å². The number of amides is 5. The SMILES string of the molecule is CC.COC/C=C\C1=C(C)C(=O)N(C[C@@]2(C#Cc3cnc(NC=O)c(OC)c3)NC(=O)NC2=O)C1. The van der Waals surface area contributed by atoms with E-state index in [0.717, 1.165) is 5.57 Å². The van der Waals surface area contributed by atoms with Crippen LogP contribution >= 0.6 is 0 Å². The fraction of sp³-hybridized carbons (Fsp3) is 0.375. The summed E-state index contributed by atoms with van der Waals surface area (Å²) in [6.07, 6.45) is 5.44. The first-order valence-corrected chi connectivity index (χ1v) is 10.9. The maximum atomic E-state index is 12.8. The average Bonchev–Trinajstić information content (AvgIpc) is 3.29. The molecule has 5 amide bonds. The molecule has 1 saturated heterocycles. The van der Waals surface area contributed by atoms with Crippen LogP contribution in [0.5, 0.6) is 5.75 Å². The van der Waals surface area contributed by atoms with Gasteiger partial charge in [-0.25, -0.2) is 9.78 Å². The summed E-state index contributed by atoms with van der Waals surface area (Å²) < 4.78 is 10.2. The molecule has 0 unspecified atom stereocenters. The number of carbonyl (C=O) groups excluding carboxylic acids is 4. The van der Waals surface area contributed by atoms with Crippen LogP contribution < -0.4 is 20.7 Å². The summed E-state index contributed by atoms with van der Waals surface area (Å²) in [7, 11) is 2.97. The average molecular weight is 484 g/mol. The molecule has 2 aliphatic rings. The quantitative estimate of drug-likeness (QED) is 0.285. The van der Waals surface area contributed by atoms with E-state index in [4.69, 9.17) is 9.47 Å². The smallest absolute Gasteiger partial charge is 0.323 e. The number of anilines is 1. The number of ether oxygens (including phenoxy) is 2. The van der Waals surface area contributed by atoms with Crippen molar-refractivity contribution in [1.82, 2.24) is 20.5 Å². The monoisotopic (exact) mass is 483 g/mol. The van der Waals surface area contributed by atoms with Gasteiger partial charge in [0, 0.05) is 37.1 Å². The van der Waals surface area contributed by atoms with Gasteiger partial charge in [0.2, 0.25) is 17.9 Å². The van der Waals surface area contributed by atoms with Gasteiger partial charge in [0.15, 0.2) is 11.6 Å². The first-order valence-electron chi connectivity index (χ1n) is 10.9. The molecule has 1 aromatic heterocycles. The maximum absolute atomic E-state index is 12.8. The van der Waals surface area contributed by atoms with Gasteiger partial charge >= 0.3 is 6.03 Å². The van der Waals surface area contributed by atoms with Gasteiger partial charge in [-0.05, 0) is 12.5 Å². The number of carbonyl (C=O) groups is 4. The molecule has 11 nitrogen and oxygen atoms in total. The van der Waals surface area contributed by atoms with E-state index in [0.29, 0.717) is 24.2 Å². The van der Waals surface area contributed by atoms with Gasteiger partial charge < -0.3 is 25.0 Å². The zero-order valence-corrected chi connectivity index (χ0v) is 20.4. The van der Waals surface area contributed by atoms with Crippen molar-refractivity contribution in [1.29, 1.82) is 0 Å². The molecule has 0 aliphatic carbocycles. The summed E-state index contributed by atoms with van der Waals surface area (Å²) in [5, 5.41) is 7.13. The molecule has 1 fully saturated rings. The lowest BCUT2D eigenvalue weighted by Gasteiger charge is -2.26. The largest absolute Gasteiger partial charge is 0.493 e. The van der Waals surface area contributed by atoms with Crippen molar-refractivity contribution in [3.63, 3.8) is 0 Å². The fourth-order valence-corrected chi connectivity index (χ4v) is 3.39. The Morgan fingerprint density at radius 1 is 1.29 bits per heavy atom. The molecule has 2 aliphatic heterocycles. The summed E-state index contributed by atoms with van der Waals surface area (Å²) in [5.41, 5.74) is 0.0624. The van der Waals surface area contributed by atoms with Crippen LogP contribution in [0.25, 0.3) is 0 Å². The summed E-state index contributed by atoms with van der Waals surface area (Å²) in [4.78, 5) is 53.6. The van der Waals surface area contributed by atoms with Crippen LogP contribution in [0.4, 0.5) is 10.6 Å². The van der Waals surface area contributed by atoms with Crippen LogP contribution in [0.1, 0.15) is 26.3 Å². The van der Waals surface area contributed by atoms with Crippen molar-refractivity contribution in [2.75, 3.05) is 39.2 Å². The lowest BCUT2D eigenvalue weighted by Crippen LogP contribution is -2.55. The molecule has 0 spiro atoms. The maximum Gasteiger partial charge on any atom is 0.323 e. The highest BCUT2D eigenvalue weighted by atomic mass is 16.5. The second-order valence-corrected chi connectivity index (χ2v) is 7.27. The third kappa shape index (κ3) is 6.24. The van der Waals surface area contributed by atoms with E-state index in [1.165, 1.54) is 24.3 Å². The van der Waals surface area contributed by atoms with E-state index in [9.17, 15) is 19.2 Å². The van der Waals surface area contributed by atoms with Gasteiger partial charge in [0.25, 0.3) is 5.91 Å². The van der Waals surface area contributed by atoms with Crippen molar-refractivity contribution in [2.45, 2.75) is 26.3 Å². The number of urea groups is 1. The number of pyridine rings is 1. The Bertz CT molecular complexity index is 1120. The first-order chi connectivity index (χ1) is 16.8. The molecular weight excluding hydrogens is 454 g/mol. The van der Waals surface area contributed by atoms with Gasteiger partial charge in [-0.1, -0.05) is 37.8 Å². The molecule has 0 saturated carbocycles. The standard InChI is InChI=1S/C22H23N5O6.C2H6/c1-14-16(5-4-8-32-2)11-27(19(14)29)12-22(20(30)25-21(31)26-22)7-6-15-9-17(33-3)18(23-10-15)24-13-28;1-2/h4-5,9-10,13H,8,11-12H2,1-3H3,(H,23,24,28)(H2,25,26,30,31);1-2H3/b5-4-;/t22-;/m1./s1. The normalized spacial score (nSPS) is 19.0. The summed E-state index contributed by atoms with van der Waals surface area (Å²) in [5.74, 6) is 5.16. The van der Waals surface area contributed by atoms with Gasteiger partial charge in [-0.3, -0.25) is 19.7 Å². The molecule has 0 aromatic carbocycles.